The summed E-state index contributed by atoms with van der Waals surface area (Å²) in [5, 5.41) is 9.08. The number of benzene rings is 1. The second-order valence-corrected chi connectivity index (χ2v) is 8.20. The van der Waals surface area contributed by atoms with Crippen LogP contribution in [0.15, 0.2) is 52.8 Å². The van der Waals surface area contributed by atoms with Gasteiger partial charge < -0.3 is 10.6 Å². The second-order valence-electron chi connectivity index (χ2n) is 7.23. The molecule has 2 aromatic rings. The molecule has 0 radical (unpaired) electrons. The topological polar surface area (TPSA) is 39.7 Å². The van der Waals surface area contributed by atoms with E-state index in [1.54, 1.807) is 0 Å². The lowest BCUT2D eigenvalue weighted by molar-refractivity contribution is 0.128. The molecule has 4 nitrogen and oxygen atoms in total. The molecule has 0 amide bonds. The van der Waals surface area contributed by atoms with Gasteiger partial charge in [0.2, 0.25) is 0 Å². The van der Waals surface area contributed by atoms with Crippen molar-refractivity contribution in [3.8, 4) is 0 Å². The van der Waals surface area contributed by atoms with Gasteiger partial charge in [-0.3, -0.25) is 9.89 Å². The molecule has 154 valence electrons. The van der Waals surface area contributed by atoms with Crippen molar-refractivity contribution in [3.63, 3.8) is 0 Å². The molecule has 0 saturated carbocycles. The van der Waals surface area contributed by atoms with Crippen LogP contribution in [-0.4, -0.2) is 44.1 Å². The third-order valence-corrected chi connectivity index (χ3v) is 6.16. The molecule has 0 aliphatic carbocycles. The van der Waals surface area contributed by atoms with Crippen LogP contribution < -0.4 is 10.6 Å². The van der Waals surface area contributed by atoms with E-state index in [2.05, 4.69) is 77.3 Å². The highest BCUT2D eigenvalue weighted by Gasteiger charge is 2.31. The maximum Gasteiger partial charge on any atom is 0.191 e. The first-order valence-electron chi connectivity index (χ1n) is 10.1. The van der Waals surface area contributed by atoms with Gasteiger partial charge in [0.05, 0.1) is 0 Å². The number of piperidine rings is 1. The first-order chi connectivity index (χ1) is 13.3. The van der Waals surface area contributed by atoms with Gasteiger partial charge in [-0.05, 0) is 62.7 Å². The Labute approximate surface area is 190 Å². The molecular weight excluding hydrogens is 479 g/mol. The number of nitrogens with zero attached hydrogens (tertiary/aromatic N) is 2. The number of hydrogen-bond donors (Lipinski definition) is 2. The maximum atomic E-state index is 4.94. The number of aliphatic imine (C=N–C) groups is 1. The Hall–Kier alpha value is -1.12. The van der Waals surface area contributed by atoms with Gasteiger partial charge in [0, 0.05) is 30.6 Å². The monoisotopic (exact) mass is 512 g/mol. The van der Waals surface area contributed by atoms with Crippen molar-refractivity contribution in [2.75, 3.05) is 33.2 Å². The van der Waals surface area contributed by atoms with Crippen LogP contribution in [0, 0.1) is 5.92 Å². The van der Waals surface area contributed by atoms with Crippen LogP contribution in [0.4, 0.5) is 0 Å². The van der Waals surface area contributed by atoms with E-state index < -0.39 is 0 Å². The number of thiophene rings is 1. The SMILES string of the molecule is CCNC(=NCC1CCCN(C)C1c1cccs1)NCCc1ccccc1.I. The molecule has 1 saturated heterocycles. The van der Waals surface area contributed by atoms with Gasteiger partial charge in [0.25, 0.3) is 0 Å². The lowest BCUT2D eigenvalue weighted by Crippen LogP contribution is -2.40. The number of rotatable bonds is 7. The molecule has 2 atom stereocenters. The summed E-state index contributed by atoms with van der Waals surface area (Å²) in [6.07, 6.45) is 3.52. The first-order valence-corrected chi connectivity index (χ1v) is 11.0. The highest BCUT2D eigenvalue weighted by Crippen LogP contribution is 2.37. The summed E-state index contributed by atoms with van der Waals surface area (Å²) in [5.41, 5.74) is 1.35. The van der Waals surface area contributed by atoms with Crippen molar-refractivity contribution in [1.82, 2.24) is 15.5 Å². The first kappa shape index (κ1) is 23.2. The van der Waals surface area contributed by atoms with Gasteiger partial charge in [0.1, 0.15) is 0 Å². The number of hydrogen-bond acceptors (Lipinski definition) is 3. The molecule has 28 heavy (non-hydrogen) atoms. The summed E-state index contributed by atoms with van der Waals surface area (Å²) in [5.74, 6) is 1.51. The summed E-state index contributed by atoms with van der Waals surface area (Å²) in [6.45, 7) is 5.95. The van der Waals surface area contributed by atoms with Crippen LogP contribution in [0.3, 0.4) is 0 Å². The summed E-state index contributed by atoms with van der Waals surface area (Å²) >= 11 is 1.87. The van der Waals surface area contributed by atoms with Gasteiger partial charge in [-0.2, -0.15) is 0 Å². The molecule has 1 fully saturated rings. The average Bonchev–Trinajstić information content (AvgIpc) is 3.21. The third kappa shape index (κ3) is 6.74. The minimum absolute atomic E-state index is 0. The van der Waals surface area contributed by atoms with Crippen LogP contribution >= 0.6 is 35.3 Å². The largest absolute Gasteiger partial charge is 0.357 e. The fourth-order valence-corrected chi connectivity index (χ4v) is 4.86. The number of guanidine groups is 1. The van der Waals surface area contributed by atoms with E-state index in [0.717, 1.165) is 32.0 Å². The fourth-order valence-electron chi connectivity index (χ4n) is 3.88. The zero-order valence-corrected chi connectivity index (χ0v) is 20.1. The van der Waals surface area contributed by atoms with Crippen molar-refractivity contribution in [1.29, 1.82) is 0 Å². The predicted octanol–water partition coefficient (Wildman–Crippen LogP) is 4.55. The molecule has 2 heterocycles. The molecule has 2 unspecified atom stereocenters. The van der Waals surface area contributed by atoms with Gasteiger partial charge >= 0.3 is 0 Å². The van der Waals surface area contributed by atoms with Crippen molar-refractivity contribution in [2.45, 2.75) is 32.2 Å². The van der Waals surface area contributed by atoms with E-state index in [0.29, 0.717) is 12.0 Å². The standard InChI is InChI=1S/C22H32N4S.HI/c1-3-23-22(24-14-13-18-9-5-4-6-10-18)25-17-19-11-7-15-26(2)21(19)20-12-8-16-27-20;/h4-6,8-10,12,16,19,21H,3,7,11,13-15,17H2,1-2H3,(H2,23,24,25);1H. The van der Waals surface area contributed by atoms with Crippen LogP contribution in [-0.2, 0) is 6.42 Å². The van der Waals surface area contributed by atoms with Crippen molar-refractivity contribution < 1.29 is 0 Å². The Balaban J connectivity index is 0.00000280. The van der Waals surface area contributed by atoms with E-state index in [1.165, 1.54) is 29.8 Å². The van der Waals surface area contributed by atoms with Crippen LogP contribution in [0.5, 0.6) is 0 Å². The molecule has 0 spiro atoms. The van der Waals surface area contributed by atoms with Crippen molar-refractivity contribution in [2.24, 2.45) is 10.9 Å². The average molecular weight is 513 g/mol. The molecule has 6 heteroatoms. The van der Waals surface area contributed by atoms with E-state index in [-0.39, 0.29) is 24.0 Å². The van der Waals surface area contributed by atoms with E-state index >= 15 is 0 Å². The zero-order valence-electron chi connectivity index (χ0n) is 16.9. The number of nitrogens with one attached hydrogen (secondary N) is 2. The Bertz CT molecular complexity index is 690. The molecule has 3 rings (SSSR count). The molecule has 1 aliphatic rings. The molecule has 0 bridgehead atoms. The van der Waals surface area contributed by atoms with Gasteiger partial charge in [-0.15, -0.1) is 35.3 Å². The van der Waals surface area contributed by atoms with E-state index in [4.69, 9.17) is 4.99 Å². The third-order valence-electron chi connectivity index (χ3n) is 5.22. The van der Waals surface area contributed by atoms with E-state index in [1.807, 2.05) is 11.3 Å². The lowest BCUT2D eigenvalue weighted by atomic mass is 9.88. The Kier molecular flexibility index (Phi) is 10.3. The summed E-state index contributed by atoms with van der Waals surface area (Å²) in [7, 11) is 2.25. The van der Waals surface area contributed by atoms with Crippen LogP contribution in [0.25, 0.3) is 0 Å². The molecular formula is C22H33IN4S. The minimum atomic E-state index is 0. The quantitative estimate of drug-likeness (QED) is 0.325. The zero-order chi connectivity index (χ0) is 18.9. The molecule has 1 aromatic carbocycles. The summed E-state index contributed by atoms with van der Waals surface area (Å²) in [4.78, 5) is 8.91. The predicted molar refractivity (Wildman–Crippen MR) is 132 cm³/mol. The maximum absolute atomic E-state index is 4.94. The van der Waals surface area contributed by atoms with Crippen LogP contribution in [0.1, 0.15) is 36.2 Å². The van der Waals surface area contributed by atoms with Gasteiger partial charge in [-0.25, -0.2) is 0 Å². The van der Waals surface area contributed by atoms with Crippen molar-refractivity contribution in [3.05, 3.63) is 58.3 Å². The molecule has 1 aliphatic heterocycles. The Morgan fingerprint density at radius 1 is 1.18 bits per heavy atom. The fraction of sp³-hybridized carbons (Fsp3) is 0.500. The highest BCUT2D eigenvalue weighted by atomic mass is 127. The Morgan fingerprint density at radius 2 is 2.00 bits per heavy atom. The van der Waals surface area contributed by atoms with E-state index in [9.17, 15) is 0 Å². The molecule has 2 N–H and O–H groups in total. The van der Waals surface area contributed by atoms with Crippen molar-refractivity contribution >= 4 is 41.3 Å². The summed E-state index contributed by atoms with van der Waals surface area (Å²) < 4.78 is 0. The highest BCUT2D eigenvalue weighted by molar-refractivity contribution is 14.0. The Morgan fingerprint density at radius 3 is 2.71 bits per heavy atom. The molecule has 1 aromatic heterocycles. The van der Waals surface area contributed by atoms with Gasteiger partial charge in [0.15, 0.2) is 5.96 Å². The number of likely N-dealkylation sites (tertiary alicyclic amines) is 1. The normalized spacial score (nSPS) is 20.4. The second kappa shape index (κ2) is 12.4. The number of halogens is 1. The lowest BCUT2D eigenvalue weighted by Gasteiger charge is -2.38. The smallest absolute Gasteiger partial charge is 0.191 e. The summed E-state index contributed by atoms with van der Waals surface area (Å²) in [6, 6.07) is 15.5. The van der Waals surface area contributed by atoms with Crippen LogP contribution in [0.2, 0.25) is 0 Å². The van der Waals surface area contributed by atoms with Gasteiger partial charge in [-0.1, -0.05) is 36.4 Å². The minimum Gasteiger partial charge on any atom is -0.357 e.